The third kappa shape index (κ3) is 41.4. The Labute approximate surface area is 393 Å². The minimum atomic E-state index is -2.45. The Balaban J connectivity index is 4.66. The number of carbonyl (C=O) groups excluding carboxylic acids is 1. The van der Waals surface area contributed by atoms with E-state index in [0.717, 1.165) is 116 Å². The summed E-state index contributed by atoms with van der Waals surface area (Å²) < 4.78 is 32.0. The van der Waals surface area contributed by atoms with Crippen molar-refractivity contribution in [1.29, 1.82) is 0 Å². The van der Waals surface area contributed by atoms with Crippen LogP contribution in [0.4, 0.5) is 0 Å². The first-order valence-electron chi connectivity index (χ1n) is 26.8. The number of hydrogen-bond acceptors (Lipinski definition) is 9. The molecule has 0 bridgehead atoms. The summed E-state index contributed by atoms with van der Waals surface area (Å²) in [5, 5.41) is 9.41. The highest BCUT2D eigenvalue weighted by atomic mass is 32.2. The first-order chi connectivity index (χ1) is 30.0. The SMILES string of the molecule is CCCCCCCCO[Si](C)(C)O[Si](C)(C)OC(CCCCCCC)OCCCCCCN(CCCCO)CCCCCCOC(=O)C(CCCCCCCC)SCCCCC. The van der Waals surface area contributed by atoms with Crippen LogP contribution in [0.5, 0.6) is 0 Å². The quantitative estimate of drug-likeness (QED) is 0.0277. The van der Waals surface area contributed by atoms with Gasteiger partial charge in [-0.1, -0.05) is 163 Å². The average molecular weight is 935 g/mol. The van der Waals surface area contributed by atoms with Gasteiger partial charge in [-0.05, 0) is 122 Å². The Bertz CT molecular complexity index is 950. The molecule has 0 saturated heterocycles. The highest BCUT2D eigenvalue weighted by molar-refractivity contribution is 8.00. The molecule has 0 aliphatic rings. The second-order valence-electron chi connectivity index (χ2n) is 19.0. The second-order valence-corrected chi connectivity index (χ2v) is 27.3. The van der Waals surface area contributed by atoms with Gasteiger partial charge in [-0.25, -0.2) is 0 Å². The molecule has 0 aromatic rings. The van der Waals surface area contributed by atoms with E-state index in [0.29, 0.717) is 6.61 Å². The van der Waals surface area contributed by atoms with Gasteiger partial charge in [0.05, 0.1) is 6.61 Å². The van der Waals surface area contributed by atoms with Gasteiger partial charge in [-0.15, -0.1) is 11.8 Å². The molecular weight excluding hydrogens is 827 g/mol. The van der Waals surface area contributed by atoms with Crippen LogP contribution in [0.3, 0.4) is 0 Å². The Morgan fingerprint density at radius 1 is 0.516 bits per heavy atom. The van der Waals surface area contributed by atoms with E-state index in [4.69, 9.17) is 22.4 Å². The van der Waals surface area contributed by atoms with Crippen LogP contribution in [0.2, 0.25) is 26.2 Å². The zero-order valence-corrected chi connectivity index (χ0v) is 45.5. The molecule has 2 unspecified atom stereocenters. The number of aliphatic hydroxyl groups excluding tert-OH is 1. The van der Waals surface area contributed by atoms with E-state index in [9.17, 15) is 9.90 Å². The lowest BCUT2D eigenvalue weighted by Gasteiger charge is -2.35. The third-order valence-corrected chi connectivity index (χ3v) is 18.7. The van der Waals surface area contributed by atoms with Crippen LogP contribution < -0.4 is 0 Å². The van der Waals surface area contributed by atoms with Crippen LogP contribution in [0.15, 0.2) is 0 Å². The van der Waals surface area contributed by atoms with E-state index in [1.165, 1.54) is 128 Å². The highest BCUT2D eigenvalue weighted by Crippen LogP contribution is 2.24. The lowest BCUT2D eigenvalue weighted by atomic mass is 10.1. The molecule has 0 aromatic carbocycles. The van der Waals surface area contributed by atoms with E-state index in [1.54, 1.807) is 0 Å². The molecule has 0 spiro atoms. The summed E-state index contributed by atoms with van der Waals surface area (Å²) in [5.41, 5.74) is 0. The fraction of sp³-hybridized carbons (Fsp3) is 0.980. The maximum Gasteiger partial charge on any atom is 0.324 e. The molecule has 11 heteroatoms. The van der Waals surface area contributed by atoms with Gasteiger partial charge in [0.1, 0.15) is 11.5 Å². The number of aliphatic hydroxyl groups is 1. The minimum absolute atomic E-state index is 0.00661. The fourth-order valence-electron chi connectivity index (χ4n) is 8.06. The van der Waals surface area contributed by atoms with Crippen molar-refractivity contribution in [2.24, 2.45) is 0 Å². The highest BCUT2D eigenvalue weighted by Gasteiger charge is 2.38. The lowest BCUT2D eigenvalue weighted by Crippen LogP contribution is -2.50. The molecule has 0 amide bonds. The Kier molecular flexibility index (Phi) is 44.8. The largest absolute Gasteiger partial charge is 0.465 e. The predicted molar refractivity (Wildman–Crippen MR) is 274 cm³/mol. The van der Waals surface area contributed by atoms with E-state index >= 15 is 0 Å². The molecule has 1 N–H and O–H groups in total. The summed E-state index contributed by atoms with van der Waals surface area (Å²) in [4.78, 5) is 15.6. The van der Waals surface area contributed by atoms with Crippen LogP contribution in [-0.2, 0) is 27.2 Å². The molecule has 0 rings (SSSR count). The number of unbranched alkanes of at least 4 members (excludes halogenated alkanes) is 23. The van der Waals surface area contributed by atoms with Crippen molar-refractivity contribution in [3.63, 3.8) is 0 Å². The smallest absolute Gasteiger partial charge is 0.324 e. The second kappa shape index (κ2) is 44.8. The molecule has 0 aliphatic heterocycles. The van der Waals surface area contributed by atoms with Crippen LogP contribution in [0, 0.1) is 0 Å². The Morgan fingerprint density at radius 3 is 1.53 bits per heavy atom. The number of ether oxygens (including phenoxy) is 2. The molecular formula is C51H107NO7SSi2. The summed E-state index contributed by atoms with van der Waals surface area (Å²) in [6, 6.07) is 0. The number of esters is 1. The fourth-order valence-corrected chi connectivity index (χ4v) is 15.9. The maximum atomic E-state index is 13.0. The van der Waals surface area contributed by atoms with Crippen molar-refractivity contribution >= 4 is 34.9 Å². The first-order valence-corrected chi connectivity index (χ1v) is 33.5. The topological polar surface area (TPSA) is 86.7 Å². The van der Waals surface area contributed by atoms with Crippen molar-refractivity contribution in [3.05, 3.63) is 0 Å². The molecule has 0 heterocycles. The van der Waals surface area contributed by atoms with Gasteiger partial charge in [0.25, 0.3) is 0 Å². The van der Waals surface area contributed by atoms with E-state index in [-0.39, 0.29) is 24.1 Å². The number of rotatable bonds is 50. The van der Waals surface area contributed by atoms with Crippen molar-refractivity contribution < 1.29 is 32.3 Å². The minimum Gasteiger partial charge on any atom is -0.465 e. The summed E-state index contributed by atoms with van der Waals surface area (Å²) >= 11 is 1.83. The molecule has 62 heavy (non-hydrogen) atoms. The third-order valence-electron chi connectivity index (χ3n) is 11.7. The average Bonchev–Trinajstić information content (AvgIpc) is 3.23. The standard InChI is InChI=1S/C51H107NO7SSi2/c1-9-13-17-20-23-29-39-49(60-48-38-16-12-4)51(54)56-46-36-28-25-32-42-52(43-33-34-44-53)41-31-24-27-35-45-55-50(40-30-22-19-15-11-3)58-62(7,8)59-61(5,6)57-47-37-26-21-18-14-10-2/h49-50,53H,9-48H2,1-8H3. The van der Waals surface area contributed by atoms with Gasteiger partial charge in [0, 0.05) is 19.8 Å². The number of hydrogen-bond donors (Lipinski definition) is 1. The number of carbonyl (C=O) groups is 1. The maximum absolute atomic E-state index is 13.0. The van der Waals surface area contributed by atoms with Crippen LogP contribution in [-0.4, -0.2) is 96.5 Å². The normalized spacial score (nSPS) is 13.3. The zero-order chi connectivity index (χ0) is 45.8. The molecule has 0 saturated carbocycles. The van der Waals surface area contributed by atoms with Crippen molar-refractivity contribution in [3.8, 4) is 0 Å². The van der Waals surface area contributed by atoms with Crippen LogP contribution in [0.25, 0.3) is 0 Å². The summed E-state index contributed by atoms with van der Waals surface area (Å²) in [6.07, 6.45) is 37.5. The van der Waals surface area contributed by atoms with Gasteiger partial charge in [-0.3, -0.25) is 4.79 Å². The first kappa shape index (κ1) is 62.0. The Hall–Kier alpha value is 0.0138. The van der Waals surface area contributed by atoms with Gasteiger partial charge in [0.2, 0.25) is 0 Å². The van der Waals surface area contributed by atoms with Gasteiger partial charge in [-0.2, -0.15) is 0 Å². The van der Waals surface area contributed by atoms with Gasteiger partial charge < -0.3 is 32.4 Å². The predicted octanol–water partition coefficient (Wildman–Crippen LogP) is 15.3. The molecule has 372 valence electrons. The summed E-state index contributed by atoms with van der Waals surface area (Å²) in [7, 11) is -4.74. The van der Waals surface area contributed by atoms with Crippen molar-refractivity contribution in [2.75, 3.05) is 51.8 Å². The zero-order valence-electron chi connectivity index (χ0n) is 42.7. The van der Waals surface area contributed by atoms with Crippen molar-refractivity contribution in [2.45, 2.75) is 271 Å². The molecule has 2 atom stereocenters. The van der Waals surface area contributed by atoms with E-state index in [1.807, 2.05) is 11.8 Å². The Morgan fingerprint density at radius 2 is 0.968 bits per heavy atom. The molecule has 0 radical (unpaired) electrons. The van der Waals surface area contributed by atoms with E-state index in [2.05, 4.69) is 58.8 Å². The molecule has 8 nitrogen and oxygen atoms in total. The van der Waals surface area contributed by atoms with Gasteiger partial charge >= 0.3 is 23.1 Å². The molecule has 0 aliphatic carbocycles. The van der Waals surface area contributed by atoms with Crippen molar-refractivity contribution in [1.82, 2.24) is 4.90 Å². The number of thioether (sulfide) groups is 1. The van der Waals surface area contributed by atoms with Crippen LogP contribution >= 0.6 is 11.8 Å². The van der Waals surface area contributed by atoms with Crippen LogP contribution in [0.1, 0.15) is 233 Å². The monoisotopic (exact) mass is 934 g/mol. The summed E-state index contributed by atoms with van der Waals surface area (Å²) in [6.45, 7) is 23.3. The summed E-state index contributed by atoms with van der Waals surface area (Å²) in [5.74, 6) is 1.09. The lowest BCUT2D eigenvalue weighted by molar-refractivity contribution is -0.143. The molecule has 0 fully saturated rings. The number of nitrogens with zero attached hydrogens (tertiary/aromatic N) is 1. The molecule has 0 aromatic heterocycles. The van der Waals surface area contributed by atoms with E-state index < -0.39 is 17.1 Å². The van der Waals surface area contributed by atoms with Gasteiger partial charge in [0.15, 0.2) is 0 Å².